The molecule has 0 bridgehead atoms. The Hall–Kier alpha value is -3.66. The normalized spacial score (nSPS) is 19.8. The average Bonchev–Trinajstić information content (AvgIpc) is 3.46. The molecule has 2 N–H and O–H groups in total. The molecule has 6 rings (SSSR count). The molecular weight excluding hydrogens is 466 g/mol. The fourth-order valence-electron chi connectivity index (χ4n) is 4.74. The number of anilines is 3. The van der Waals surface area contributed by atoms with Gasteiger partial charge in [0, 0.05) is 47.7 Å². The standard InChI is InChI=1S/C25H30B2N8O2/c1-14-9-16(14)24(36)30-20-10-17-18(11-28-20)22(32-25(2,26)27)29-12-19(17)23-31-21-4-3-15(13-35(21)33-23)34-5-7-37-8-6-34/h3-4,10-14,16H,5-9,26-27H2,1-2H3,(H,29,32)(H,28,30,36)/t14-,16+/m1/s1. The highest BCUT2D eigenvalue weighted by atomic mass is 16.5. The molecular formula is C25H30B2N8O2. The molecule has 2 aliphatic rings. The number of carbonyl (C=O) groups excluding carboxylic acids is 1. The van der Waals surface area contributed by atoms with Gasteiger partial charge in [0.05, 0.1) is 25.1 Å². The summed E-state index contributed by atoms with van der Waals surface area (Å²) < 4.78 is 7.30. The van der Waals surface area contributed by atoms with Gasteiger partial charge in [-0.2, -0.15) is 0 Å². The van der Waals surface area contributed by atoms with Crippen LogP contribution in [0.1, 0.15) is 20.3 Å². The van der Waals surface area contributed by atoms with Crippen LogP contribution < -0.4 is 15.5 Å². The Bertz CT molecular complexity index is 1500. The molecule has 1 saturated heterocycles. The third-order valence-corrected chi connectivity index (χ3v) is 6.90. The molecule has 4 aromatic heterocycles. The molecule has 10 nitrogen and oxygen atoms in total. The van der Waals surface area contributed by atoms with E-state index in [0.717, 1.165) is 66.2 Å². The SMILES string of the molecule is BC(B)(C)Nc1ncc(-c2nc3ccc(N4CCOCC4)cn3n2)c2cc(NC(=O)[C@H]3C[C@H]3C)ncc12. The van der Waals surface area contributed by atoms with Gasteiger partial charge >= 0.3 is 0 Å². The third-order valence-electron chi connectivity index (χ3n) is 6.90. The quantitative estimate of drug-likeness (QED) is 0.383. The first-order valence-electron chi connectivity index (χ1n) is 12.8. The molecule has 0 unspecified atom stereocenters. The van der Waals surface area contributed by atoms with Crippen molar-refractivity contribution in [1.82, 2.24) is 24.6 Å². The minimum absolute atomic E-state index is 0.0180. The second-order valence-electron chi connectivity index (χ2n) is 11.0. The van der Waals surface area contributed by atoms with Gasteiger partial charge in [0.15, 0.2) is 11.5 Å². The molecule has 0 spiro atoms. The summed E-state index contributed by atoms with van der Waals surface area (Å²) in [6.45, 7) is 7.32. The molecule has 2 fully saturated rings. The molecule has 0 radical (unpaired) electrons. The van der Waals surface area contributed by atoms with Crippen molar-refractivity contribution in [2.45, 2.75) is 25.6 Å². The number of hydrogen-bond acceptors (Lipinski definition) is 8. The Morgan fingerprint density at radius 3 is 2.68 bits per heavy atom. The Morgan fingerprint density at radius 2 is 1.95 bits per heavy atom. The largest absolute Gasteiger partial charge is 0.380 e. The van der Waals surface area contributed by atoms with E-state index in [-0.39, 0.29) is 17.2 Å². The van der Waals surface area contributed by atoms with E-state index in [4.69, 9.17) is 19.8 Å². The highest BCUT2D eigenvalue weighted by Crippen LogP contribution is 2.39. The monoisotopic (exact) mass is 496 g/mol. The predicted octanol–water partition coefficient (Wildman–Crippen LogP) is 1.12. The lowest BCUT2D eigenvalue weighted by Gasteiger charge is -2.28. The van der Waals surface area contributed by atoms with E-state index < -0.39 is 0 Å². The van der Waals surface area contributed by atoms with Gasteiger partial charge in [-0.25, -0.2) is 19.5 Å². The number of ether oxygens (including phenoxy) is 1. The van der Waals surface area contributed by atoms with E-state index in [0.29, 0.717) is 17.6 Å². The lowest BCUT2D eigenvalue weighted by atomic mass is 9.63. The van der Waals surface area contributed by atoms with Crippen molar-refractivity contribution in [2.75, 3.05) is 41.8 Å². The Balaban J connectivity index is 1.41. The minimum atomic E-state index is -0.187. The molecule has 4 aromatic rings. The summed E-state index contributed by atoms with van der Waals surface area (Å²) in [5.74, 6) is 2.32. The van der Waals surface area contributed by atoms with Crippen LogP contribution in [0.3, 0.4) is 0 Å². The highest BCUT2D eigenvalue weighted by Gasteiger charge is 2.39. The molecule has 12 heteroatoms. The molecule has 1 amide bonds. The number of amides is 1. The van der Waals surface area contributed by atoms with Gasteiger partial charge in [-0.3, -0.25) is 4.79 Å². The van der Waals surface area contributed by atoms with Crippen molar-refractivity contribution in [2.24, 2.45) is 11.8 Å². The smallest absolute Gasteiger partial charge is 0.228 e. The molecule has 37 heavy (non-hydrogen) atoms. The number of carbonyl (C=O) groups is 1. The Kier molecular flexibility index (Phi) is 5.78. The number of pyridine rings is 3. The first-order chi connectivity index (χ1) is 17.7. The van der Waals surface area contributed by atoms with Crippen molar-refractivity contribution < 1.29 is 9.53 Å². The number of morpholine rings is 1. The number of nitrogens with one attached hydrogen (secondary N) is 2. The summed E-state index contributed by atoms with van der Waals surface area (Å²) in [6, 6.07) is 5.95. The molecule has 1 saturated carbocycles. The second-order valence-corrected chi connectivity index (χ2v) is 11.0. The van der Waals surface area contributed by atoms with Crippen LogP contribution in [0.2, 0.25) is 0 Å². The summed E-state index contributed by atoms with van der Waals surface area (Å²) >= 11 is 0. The third kappa shape index (κ3) is 4.85. The van der Waals surface area contributed by atoms with Crippen LogP contribution in [-0.4, -0.2) is 77.8 Å². The molecule has 188 valence electrons. The fourth-order valence-corrected chi connectivity index (χ4v) is 4.74. The van der Waals surface area contributed by atoms with Crippen LogP contribution in [0.4, 0.5) is 17.3 Å². The van der Waals surface area contributed by atoms with E-state index in [1.807, 2.05) is 22.8 Å². The summed E-state index contributed by atoms with van der Waals surface area (Å²) in [4.78, 5) is 28.9. The predicted molar refractivity (Wildman–Crippen MR) is 150 cm³/mol. The maximum absolute atomic E-state index is 12.6. The lowest BCUT2D eigenvalue weighted by molar-refractivity contribution is -0.117. The zero-order valence-corrected chi connectivity index (χ0v) is 21.7. The van der Waals surface area contributed by atoms with E-state index in [2.05, 4.69) is 56.1 Å². The summed E-state index contributed by atoms with van der Waals surface area (Å²) in [6.07, 6.45) is 6.49. The average molecular weight is 496 g/mol. The van der Waals surface area contributed by atoms with Gasteiger partial charge in [-0.05, 0) is 35.9 Å². The van der Waals surface area contributed by atoms with Crippen LogP contribution in [0.25, 0.3) is 27.8 Å². The fraction of sp³-hybridized carbons (Fsp3) is 0.400. The van der Waals surface area contributed by atoms with Gasteiger partial charge in [-0.1, -0.05) is 13.8 Å². The first-order valence-corrected chi connectivity index (χ1v) is 12.8. The van der Waals surface area contributed by atoms with Gasteiger partial charge in [-0.15, -0.1) is 5.10 Å². The highest BCUT2D eigenvalue weighted by molar-refractivity contribution is 6.41. The first kappa shape index (κ1) is 23.7. The number of fused-ring (bicyclic) bond motifs is 2. The number of rotatable bonds is 6. The summed E-state index contributed by atoms with van der Waals surface area (Å²) in [7, 11) is 4.17. The zero-order valence-electron chi connectivity index (χ0n) is 21.7. The number of aromatic nitrogens is 5. The van der Waals surface area contributed by atoms with Crippen LogP contribution in [0.5, 0.6) is 0 Å². The summed E-state index contributed by atoms with van der Waals surface area (Å²) in [5.41, 5.74) is 2.62. The van der Waals surface area contributed by atoms with Crippen molar-refractivity contribution in [3.05, 3.63) is 36.8 Å². The molecule has 2 atom stereocenters. The van der Waals surface area contributed by atoms with Crippen LogP contribution in [-0.2, 0) is 9.53 Å². The van der Waals surface area contributed by atoms with Crippen molar-refractivity contribution >= 4 is 55.3 Å². The number of nitrogens with zero attached hydrogens (tertiary/aromatic N) is 6. The second kappa shape index (κ2) is 9.02. The van der Waals surface area contributed by atoms with E-state index in [9.17, 15) is 4.79 Å². The van der Waals surface area contributed by atoms with E-state index in [1.165, 1.54) is 0 Å². The minimum Gasteiger partial charge on any atom is -0.380 e. The van der Waals surface area contributed by atoms with Gasteiger partial charge < -0.3 is 20.3 Å². The molecule has 0 aromatic carbocycles. The maximum Gasteiger partial charge on any atom is 0.228 e. The molecule has 1 aliphatic carbocycles. The van der Waals surface area contributed by atoms with Crippen LogP contribution in [0, 0.1) is 11.8 Å². The zero-order chi connectivity index (χ0) is 25.7. The van der Waals surface area contributed by atoms with Crippen molar-refractivity contribution in [3.8, 4) is 11.4 Å². The summed E-state index contributed by atoms with van der Waals surface area (Å²) in [5, 5.41) is 12.8. The van der Waals surface area contributed by atoms with Gasteiger partial charge in [0.1, 0.15) is 27.3 Å². The molecule has 1 aliphatic heterocycles. The number of hydrogen-bond donors (Lipinski definition) is 2. The Labute approximate surface area is 217 Å². The van der Waals surface area contributed by atoms with Crippen LogP contribution >= 0.6 is 0 Å². The Morgan fingerprint density at radius 1 is 1.16 bits per heavy atom. The van der Waals surface area contributed by atoms with Crippen molar-refractivity contribution in [1.29, 1.82) is 0 Å². The maximum atomic E-state index is 12.6. The van der Waals surface area contributed by atoms with E-state index >= 15 is 0 Å². The van der Waals surface area contributed by atoms with Gasteiger partial charge in [0.25, 0.3) is 0 Å². The van der Waals surface area contributed by atoms with E-state index in [1.54, 1.807) is 12.4 Å². The lowest BCUT2D eigenvalue weighted by Crippen LogP contribution is -2.36. The van der Waals surface area contributed by atoms with Crippen LogP contribution in [0.15, 0.2) is 36.8 Å². The van der Waals surface area contributed by atoms with Gasteiger partial charge in [0.2, 0.25) is 5.91 Å². The molecule has 5 heterocycles. The topological polar surface area (TPSA) is 110 Å². The van der Waals surface area contributed by atoms with Crippen molar-refractivity contribution in [3.63, 3.8) is 0 Å².